The van der Waals surface area contributed by atoms with E-state index in [9.17, 15) is 9.59 Å². The molecular formula is C20H17NO3. The van der Waals surface area contributed by atoms with Crippen molar-refractivity contribution in [1.29, 1.82) is 0 Å². The molecule has 1 atom stereocenters. The van der Waals surface area contributed by atoms with Crippen molar-refractivity contribution < 1.29 is 4.42 Å². The normalized spacial score (nSPS) is 11.8. The predicted octanol–water partition coefficient (Wildman–Crippen LogP) is 3.30. The summed E-state index contributed by atoms with van der Waals surface area (Å²) in [5.74, 6) is -0.355. The molecule has 0 fully saturated rings. The number of nitrogens with zero attached hydrogens (tertiary/aromatic N) is 1. The summed E-state index contributed by atoms with van der Waals surface area (Å²) in [5.41, 5.74) is 1.15. The van der Waals surface area contributed by atoms with Gasteiger partial charge in [-0.25, -0.2) is 9.36 Å². The summed E-state index contributed by atoms with van der Waals surface area (Å²) in [5, 5.41) is 0. The molecule has 1 heterocycles. The van der Waals surface area contributed by atoms with Crippen LogP contribution in [-0.2, 0) is 6.42 Å². The lowest BCUT2D eigenvalue weighted by Crippen LogP contribution is -2.31. The van der Waals surface area contributed by atoms with E-state index in [2.05, 4.69) is 6.58 Å². The molecule has 0 unspecified atom stereocenters. The van der Waals surface area contributed by atoms with Crippen LogP contribution < -0.4 is 11.3 Å². The van der Waals surface area contributed by atoms with Gasteiger partial charge in [0.15, 0.2) is 0 Å². The van der Waals surface area contributed by atoms with Gasteiger partial charge >= 0.3 is 5.76 Å². The van der Waals surface area contributed by atoms with E-state index in [4.69, 9.17) is 4.42 Å². The Labute approximate surface area is 139 Å². The van der Waals surface area contributed by atoms with E-state index in [0.717, 1.165) is 10.1 Å². The second kappa shape index (κ2) is 6.96. The van der Waals surface area contributed by atoms with Crippen LogP contribution in [0, 0.1) is 0 Å². The van der Waals surface area contributed by atoms with Crippen molar-refractivity contribution in [3.05, 3.63) is 112 Å². The molecule has 0 spiro atoms. The molecule has 0 N–H and O–H groups in total. The highest BCUT2D eigenvalue weighted by Gasteiger charge is 2.13. The molecule has 0 bridgehead atoms. The maximum Gasteiger partial charge on any atom is 0.426 e. The van der Waals surface area contributed by atoms with E-state index in [1.807, 2.05) is 36.4 Å². The third-order valence-corrected chi connectivity index (χ3v) is 3.85. The van der Waals surface area contributed by atoms with Crippen LogP contribution in [0.5, 0.6) is 0 Å². The Hall–Kier alpha value is -3.14. The summed E-state index contributed by atoms with van der Waals surface area (Å²) in [4.78, 5) is 24.6. The fraction of sp³-hybridized carbons (Fsp3) is 0.100. The molecule has 3 aromatic rings. The summed E-state index contributed by atoms with van der Waals surface area (Å²) in [6, 6.07) is 19.9. The van der Waals surface area contributed by atoms with E-state index in [0.29, 0.717) is 17.9 Å². The maximum absolute atomic E-state index is 12.3. The fourth-order valence-corrected chi connectivity index (χ4v) is 2.64. The van der Waals surface area contributed by atoms with Gasteiger partial charge in [0.1, 0.15) is 5.76 Å². The van der Waals surface area contributed by atoms with Crippen molar-refractivity contribution in [2.24, 2.45) is 0 Å². The van der Waals surface area contributed by atoms with Gasteiger partial charge in [-0.2, -0.15) is 0 Å². The highest BCUT2D eigenvalue weighted by Crippen LogP contribution is 2.20. The van der Waals surface area contributed by atoms with E-state index in [1.54, 1.807) is 30.3 Å². The van der Waals surface area contributed by atoms with E-state index in [-0.39, 0.29) is 5.92 Å². The average molecular weight is 319 g/mol. The second-order valence-electron chi connectivity index (χ2n) is 5.44. The zero-order valence-corrected chi connectivity index (χ0v) is 13.1. The third kappa shape index (κ3) is 3.27. The first kappa shape index (κ1) is 15.7. The molecule has 0 aliphatic rings. The van der Waals surface area contributed by atoms with Crippen LogP contribution in [0.3, 0.4) is 0 Å². The van der Waals surface area contributed by atoms with Gasteiger partial charge < -0.3 is 4.42 Å². The number of allylic oxidation sites excluding steroid dienone is 1. The standard InChI is InChI=1S/C20H17NO3/c1-2-15(16-9-5-3-6-10-16)13-18-14-19(22)21(20(23)24-18)17-11-7-4-8-12-17/h2-12,14-15H,1,13H2/t15-/m1/s1. The molecule has 1 aromatic heterocycles. The van der Waals surface area contributed by atoms with Crippen molar-refractivity contribution in [2.75, 3.05) is 0 Å². The van der Waals surface area contributed by atoms with Crippen molar-refractivity contribution in [3.63, 3.8) is 0 Å². The minimum absolute atomic E-state index is 0.0266. The zero-order valence-electron chi connectivity index (χ0n) is 13.1. The smallest absolute Gasteiger partial charge is 0.414 e. The zero-order chi connectivity index (χ0) is 16.9. The summed E-state index contributed by atoms with van der Waals surface area (Å²) in [6.07, 6.45) is 2.20. The number of hydrogen-bond donors (Lipinski definition) is 0. The topological polar surface area (TPSA) is 52.2 Å². The number of rotatable bonds is 5. The highest BCUT2D eigenvalue weighted by molar-refractivity contribution is 5.31. The Morgan fingerprint density at radius 1 is 1.00 bits per heavy atom. The quantitative estimate of drug-likeness (QED) is 0.678. The highest BCUT2D eigenvalue weighted by atomic mass is 16.4. The first-order chi connectivity index (χ1) is 11.7. The fourth-order valence-electron chi connectivity index (χ4n) is 2.64. The summed E-state index contributed by atoms with van der Waals surface area (Å²) in [6.45, 7) is 3.84. The molecule has 0 aliphatic carbocycles. The SMILES string of the molecule is C=C[C@H](Cc1cc(=O)n(-c2ccccc2)c(=O)o1)c1ccccc1. The van der Waals surface area contributed by atoms with Crippen LogP contribution >= 0.6 is 0 Å². The predicted molar refractivity (Wildman–Crippen MR) is 93.7 cm³/mol. The Morgan fingerprint density at radius 3 is 2.21 bits per heavy atom. The maximum atomic E-state index is 12.3. The van der Waals surface area contributed by atoms with Gasteiger partial charge in [-0.05, 0) is 17.7 Å². The molecule has 0 saturated carbocycles. The molecule has 2 aromatic carbocycles. The monoisotopic (exact) mass is 319 g/mol. The minimum atomic E-state index is -0.681. The largest absolute Gasteiger partial charge is 0.426 e. The van der Waals surface area contributed by atoms with Crippen molar-refractivity contribution >= 4 is 0 Å². The van der Waals surface area contributed by atoms with Gasteiger partial charge in [-0.1, -0.05) is 54.6 Å². The van der Waals surface area contributed by atoms with E-state index >= 15 is 0 Å². The number of aromatic nitrogens is 1. The molecule has 0 amide bonds. The van der Waals surface area contributed by atoms with Gasteiger partial charge in [-0.3, -0.25) is 4.79 Å². The first-order valence-corrected chi connectivity index (χ1v) is 7.68. The summed E-state index contributed by atoms with van der Waals surface area (Å²) in [7, 11) is 0. The molecule has 24 heavy (non-hydrogen) atoms. The Balaban J connectivity index is 1.95. The van der Waals surface area contributed by atoms with Gasteiger partial charge in [0, 0.05) is 18.4 Å². The van der Waals surface area contributed by atoms with Gasteiger partial charge in [0.2, 0.25) is 0 Å². The lowest BCUT2D eigenvalue weighted by atomic mass is 9.95. The van der Waals surface area contributed by atoms with E-state index in [1.165, 1.54) is 6.07 Å². The Bertz CT molecular complexity index is 909. The lowest BCUT2D eigenvalue weighted by molar-refractivity contribution is 0.411. The van der Waals surface area contributed by atoms with Crippen LogP contribution in [0.4, 0.5) is 0 Å². The van der Waals surface area contributed by atoms with Crippen molar-refractivity contribution in [1.82, 2.24) is 4.57 Å². The number of para-hydroxylation sites is 1. The molecular weight excluding hydrogens is 302 g/mol. The minimum Gasteiger partial charge on any atom is -0.414 e. The number of benzene rings is 2. The summed E-state index contributed by atoms with van der Waals surface area (Å²) < 4.78 is 6.38. The molecule has 120 valence electrons. The average Bonchev–Trinajstić information content (AvgIpc) is 2.61. The lowest BCUT2D eigenvalue weighted by Gasteiger charge is -2.12. The van der Waals surface area contributed by atoms with Crippen molar-refractivity contribution in [3.8, 4) is 5.69 Å². The number of hydrogen-bond acceptors (Lipinski definition) is 3. The van der Waals surface area contributed by atoms with E-state index < -0.39 is 11.3 Å². The molecule has 0 radical (unpaired) electrons. The van der Waals surface area contributed by atoms with Crippen LogP contribution in [-0.4, -0.2) is 4.57 Å². The molecule has 3 rings (SSSR count). The molecule has 0 saturated heterocycles. The molecule has 0 aliphatic heterocycles. The summed E-state index contributed by atoms with van der Waals surface area (Å²) >= 11 is 0. The second-order valence-corrected chi connectivity index (χ2v) is 5.44. The first-order valence-electron chi connectivity index (χ1n) is 7.68. The van der Waals surface area contributed by atoms with Crippen LogP contribution in [0.1, 0.15) is 17.2 Å². The molecule has 4 nitrogen and oxygen atoms in total. The van der Waals surface area contributed by atoms with Crippen LogP contribution in [0.15, 0.2) is 93.4 Å². The third-order valence-electron chi connectivity index (χ3n) is 3.85. The Morgan fingerprint density at radius 2 is 1.62 bits per heavy atom. The van der Waals surface area contributed by atoms with Crippen molar-refractivity contribution in [2.45, 2.75) is 12.3 Å². The van der Waals surface area contributed by atoms with Crippen LogP contribution in [0.25, 0.3) is 5.69 Å². The van der Waals surface area contributed by atoms with Gasteiger partial charge in [-0.15, -0.1) is 6.58 Å². The van der Waals surface area contributed by atoms with Gasteiger partial charge in [0.05, 0.1) is 5.69 Å². The Kier molecular flexibility index (Phi) is 4.57. The van der Waals surface area contributed by atoms with Gasteiger partial charge in [0.25, 0.3) is 5.56 Å². The van der Waals surface area contributed by atoms with Crippen LogP contribution in [0.2, 0.25) is 0 Å². The molecule has 4 heteroatoms.